The first-order valence-corrected chi connectivity index (χ1v) is 8.44. The lowest BCUT2D eigenvalue weighted by Gasteiger charge is -2.26. The lowest BCUT2D eigenvalue weighted by atomic mass is 9.96. The number of benzene rings is 1. The first-order valence-electron chi connectivity index (χ1n) is 8.44. The monoisotopic (exact) mass is 293 g/mol. The second-order valence-electron chi connectivity index (χ2n) is 6.16. The van der Waals surface area contributed by atoms with E-state index in [0.717, 1.165) is 25.7 Å². The molecule has 2 N–H and O–H groups in total. The average Bonchev–Trinajstić information content (AvgIpc) is 2.48. The summed E-state index contributed by atoms with van der Waals surface area (Å²) in [6, 6.07) is 6.63. The summed E-state index contributed by atoms with van der Waals surface area (Å²) in [6.07, 6.45) is 11.9. The van der Waals surface area contributed by atoms with Crippen molar-refractivity contribution in [3.05, 3.63) is 30.1 Å². The van der Waals surface area contributed by atoms with E-state index in [-0.39, 0.29) is 18.0 Å². The highest BCUT2D eigenvalue weighted by Crippen LogP contribution is 2.23. The van der Waals surface area contributed by atoms with Gasteiger partial charge in [-0.05, 0) is 31.4 Å². The van der Waals surface area contributed by atoms with Crippen LogP contribution in [0.2, 0.25) is 0 Å². The molecule has 21 heavy (non-hydrogen) atoms. The van der Waals surface area contributed by atoms with Gasteiger partial charge in [0, 0.05) is 6.04 Å². The van der Waals surface area contributed by atoms with Crippen LogP contribution in [0, 0.1) is 5.82 Å². The Balaban J connectivity index is 1.96. The van der Waals surface area contributed by atoms with Gasteiger partial charge in [0.2, 0.25) is 0 Å². The van der Waals surface area contributed by atoms with Gasteiger partial charge in [-0.1, -0.05) is 57.1 Å². The van der Waals surface area contributed by atoms with E-state index in [1.165, 1.54) is 44.6 Å². The Labute approximate surface area is 127 Å². The van der Waals surface area contributed by atoms with E-state index in [2.05, 4.69) is 0 Å². The van der Waals surface area contributed by atoms with Crippen LogP contribution in [0.15, 0.2) is 24.3 Å². The molecule has 1 aromatic carbocycles. The highest BCUT2D eigenvalue weighted by Gasteiger charge is 2.20. The van der Waals surface area contributed by atoms with Crippen LogP contribution in [0.3, 0.4) is 0 Å². The molecule has 3 heteroatoms. The number of ether oxygens (including phenoxy) is 1. The summed E-state index contributed by atoms with van der Waals surface area (Å²) in [6.45, 7) is 0. The standard InChI is InChI=1S/C18H28FNO/c19-15-11-9-10-13-17(15)21-18-14-8-6-4-2-1-3-5-7-12-16(18)20/h9-11,13,16,18H,1-8,12,14,20H2. The first-order chi connectivity index (χ1) is 10.3. The SMILES string of the molecule is NC1CCCCCCCCCCC1Oc1ccccc1F. The lowest BCUT2D eigenvalue weighted by molar-refractivity contribution is 0.144. The van der Waals surface area contributed by atoms with Crippen molar-refractivity contribution in [2.75, 3.05) is 0 Å². The maximum atomic E-state index is 13.8. The Hall–Kier alpha value is -1.09. The molecule has 0 saturated heterocycles. The molecule has 1 aromatic rings. The van der Waals surface area contributed by atoms with Crippen LogP contribution in [0.1, 0.15) is 64.2 Å². The van der Waals surface area contributed by atoms with Gasteiger partial charge in [-0.2, -0.15) is 0 Å². The summed E-state index contributed by atoms with van der Waals surface area (Å²) in [5, 5.41) is 0. The molecule has 0 aliphatic heterocycles. The highest BCUT2D eigenvalue weighted by molar-refractivity contribution is 5.24. The molecule has 1 aliphatic rings. The van der Waals surface area contributed by atoms with Gasteiger partial charge in [-0.15, -0.1) is 0 Å². The Morgan fingerprint density at radius 3 is 2.10 bits per heavy atom. The molecular formula is C18H28FNO. The molecule has 2 nitrogen and oxygen atoms in total. The van der Waals surface area contributed by atoms with E-state index < -0.39 is 0 Å². The van der Waals surface area contributed by atoms with Crippen LogP contribution in [0.25, 0.3) is 0 Å². The molecule has 0 radical (unpaired) electrons. The van der Waals surface area contributed by atoms with Gasteiger partial charge < -0.3 is 10.5 Å². The fourth-order valence-corrected chi connectivity index (χ4v) is 3.04. The Kier molecular flexibility index (Phi) is 7.01. The minimum absolute atomic E-state index is 0.00373. The van der Waals surface area contributed by atoms with Crippen molar-refractivity contribution in [2.45, 2.75) is 76.4 Å². The summed E-state index contributed by atoms with van der Waals surface area (Å²) in [5.74, 6) is 0.0425. The number of hydrogen-bond donors (Lipinski definition) is 1. The van der Waals surface area contributed by atoms with Crippen molar-refractivity contribution >= 4 is 0 Å². The van der Waals surface area contributed by atoms with Crippen molar-refractivity contribution in [3.8, 4) is 5.75 Å². The van der Waals surface area contributed by atoms with Crippen LogP contribution in [0.4, 0.5) is 4.39 Å². The smallest absolute Gasteiger partial charge is 0.165 e. The molecule has 0 bridgehead atoms. The minimum atomic E-state index is -0.296. The van der Waals surface area contributed by atoms with Crippen LogP contribution in [-0.4, -0.2) is 12.1 Å². The third kappa shape index (κ3) is 5.66. The molecule has 0 amide bonds. The summed E-state index contributed by atoms with van der Waals surface area (Å²) >= 11 is 0. The zero-order valence-electron chi connectivity index (χ0n) is 12.9. The molecule has 0 spiro atoms. The van der Waals surface area contributed by atoms with Gasteiger partial charge in [-0.25, -0.2) is 4.39 Å². The first kappa shape index (κ1) is 16.3. The van der Waals surface area contributed by atoms with Crippen LogP contribution in [0.5, 0.6) is 5.75 Å². The van der Waals surface area contributed by atoms with Crippen molar-refractivity contribution in [1.29, 1.82) is 0 Å². The molecular weight excluding hydrogens is 265 g/mol. The summed E-state index contributed by atoms with van der Waals surface area (Å²) in [4.78, 5) is 0. The summed E-state index contributed by atoms with van der Waals surface area (Å²) in [7, 11) is 0. The maximum absolute atomic E-state index is 13.8. The topological polar surface area (TPSA) is 35.2 Å². The van der Waals surface area contributed by atoms with Crippen molar-refractivity contribution in [1.82, 2.24) is 0 Å². The Bertz CT molecular complexity index is 410. The normalized spacial score (nSPS) is 25.6. The number of nitrogens with two attached hydrogens (primary N) is 1. The predicted molar refractivity (Wildman–Crippen MR) is 85.0 cm³/mol. The van der Waals surface area contributed by atoms with Crippen molar-refractivity contribution in [2.24, 2.45) is 5.73 Å². The van der Waals surface area contributed by atoms with Crippen LogP contribution in [-0.2, 0) is 0 Å². The largest absolute Gasteiger partial charge is 0.486 e. The molecule has 1 fully saturated rings. The highest BCUT2D eigenvalue weighted by atomic mass is 19.1. The van der Waals surface area contributed by atoms with E-state index in [4.69, 9.17) is 10.5 Å². The molecule has 1 aliphatic carbocycles. The van der Waals surface area contributed by atoms with E-state index in [1.54, 1.807) is 18.2 Å². The molecule has 1 saturated carbocycles. The van der Waals surface area contributed by atoms with E-state index in [9.17, 15) is 4.39 Å². The molecule has 0 heterocycles. The average molecular weight is 293 g/mol. The zero-order valence-corrected chi connectivity index (χ0v) is 12.9. The lowest BCUT2D eigenvalue weighted by Crippen LogP contribution is -2.39. The van der Waals surface area contributed by atoms with Gasteiger partial charge in [0.1, 0.15) is 6.10 Å². The molecule has 2 unspecified atom stereocenters. The van der Waals surface area contributed by atoms with Crippen LogP contribution >= 0.6 is 0 Å². The third-order valence-corrected chi connectivity index (χ3v) is 4.37. The quantitative estimate of drug-likeness (QED) is 0.849. The fraction of sp³-hybridized carbons (Fsp3) is 0.667. The van der Waals surface area contributed by atoms with Gasteiger partial charge in [-0.3, -0.25) is 0 Å². The third-order valence-electron chi connectivity index (χ3n) is 4.37. The van der Waals surface area contributed by atoms with Crippen molar-refractivity contribution < 1.29 is 9.13 Å². The Morgan fingerprint density at radius 2 is 1.43 bits per heavy atom. The number of hydrogen-bond acceptors (Lipinski definition) is 2. The maximum Gasteiger partial charge on any atom is 0.165 e. The Morgan fingerprint density at radius 1 is 0.857 bits per heavy atom. The van der Waals surface area contributed by atoms with Gasteiger partial charge in [0.15, 0.2) is 11.6 Å². The fourth-order valence-electron chi connectivity index (χ4n) is 3.04. The second kappa shape index (κ2) is 9.04. The number of para-hydroxylation sites is 1. The number of halogens is 1. The molecule has 2 atom stereocenters. The molecule has 0 aromatic heterocycles. The van der Waals surface area contributed by atoms with Gasteiger partial charge >= 0.3 is 0 Å². The van der Waals surface area contributed by atoms with E-state index in [0.29, 0.717) is 5.75 Å². The van der Waals surface area contributed by atoms with E-state index in [1.807, 2.05) is 0 Å². The molecule has 2 rings (SSSR count). The minimum Gasteiger partial charge on any atom is -0.486 e. The summed E-state index contributed by atoms with van der Waals surface area (Å²) < 4.78 is 19.7. The van der Waals surface area contributed by atoms with Gasteiger partial charge in [0.25, 0.3) is 0 Å². The van der Waals surface area contributed by atoms with E-state index >= 15 is 0 Å². The second-order valence-corrected chi connectivity index (χ2v) is 6.16. The molecule has 118 valence electrons. The number of rotatable bonds is 2. The van der Waals surface area contributed by atoms with Gasteiger partial charge in [0.05, 0.1) is 0 Å². The van der Waals surface area contributed by atoms with Crippen LogP contribution < -0.4 is 10.5 Å². The van der Waals surface area contributed by atoms with Crippen molar-refractivity contribution in [3.63, 3.8) is 0 Å². The predicted octanol–water partition coefficient (Wildman–Crippen LogP) is 4.82. The zero-order chi connectivity index (χ0) is 14.9. The summed E-state index contributed by atoms with van der Waals surface area (Å²) in [5.41, 5.74) is 6.31.